The quantitative estimate of drug-likeness (QED) is 0.639. The van der Waals surface area contributed by atoms with Crippen molar-refractivity contribution in [3.8, 4) is 16.3 Å². The predicted molar refractivity (Wildman–Crippen MR) is 103 cm³/mol. The molecule has 0 atom stereocenters. The third kappa shape index (κ3) is 4.34. The number of ether oxygens (including phenoxy) is 2. The first kappa shape index (κ1) is 19.5. The molecule has 0 radical (unpaired) electrons. The van der Waals surface area contributed by atoms with Crippen LogP contribution in [0.5, 0.6) is 5.75 Å². The number of amides is 1. The van der Waals surface area contributed by atoms with Gasteiger partial charge in [0.1, 0.15) is 27.8 Å². The third-order valence-corrected chi connectivity index (χ3v) is 4.84. The minimum atomic E-state index is -0.520. The molecule has 3 rings (SSSR count). The van der Waals surface area contributed by atoms with Crippen LogP contribution in [-0.4, -0.2) is 31.1 Å². The number of benzene rings is 2. The number of methoxy groups -OCH3 is 2. The van der Waals surface area contributed by atoms with Gasteiger partial charge < -0.3 is 14.8 Å². The van der Waals surface area contributed by atoms with Gasteiger partial charge in [-0.2, -0.15) is 0 Å². The van der Waals surface area contributed by atoms with Crippen molar-refractivity contribution in [1.82, 2.24) is 10.3 Å². The van der Waals surface area contributed by atoms with E-state index < -0.39 is 5.97 Å². The van der Waals surface area contributed by atoms with Crippen molar-refractivity contribution in [2.24, 2.45) is 0 Å². The van der Waals surface area contributed by atoms with Crippen LogP contribution in [0.4, 0.5) is 4.39 Å². The molecule has 1 amide bonds. The molecule has 8 heteroatoms. The van der Waals surface area contributed by atoms with E-state index in [1.54, 1.807) is 35.7 Å². The van der Waals surface area contributed by atoms with Gasteiger partial charge in [0.2, 0.25) is 0 Å². The average molecular weight is 400 g/mol. The van der Waals surface area contributed by atoms with E-state index in [1.165, 1.54) is 37.7 Å². The van der Waals surface area contributed by atoms with Gasteiger partial charge in [-0.25, -0.2) is 14.2 Å². The lowest BCUT2D eigenvalue weighted by Gasteiger charge is -2.09. The van der Waals surface area contributed by atoms with Crippen LogP contribution in [0, 0.1) is 5.82 Å². The molecule has 2 aromatic carbocycles. The number of halogens is 1. The van der Waals surface area contributed by atoms with Crippen LogP contribution >= 0.6 is 11.3 Å². The standard InChI is InChI=1S/C20H17FN2O4S/c1-26-17-8-3-12(9-15(17)20(25)27-2)10-22-18(24)16-11-28-19(23-16)13-4-6-14(21)7-5-13/h3-9,11H,10H2,1-2H3,(H,22,24). The summed E-state index contributed by atoms with van der Waals surface area (Å²) in [4.78, 5) is 28.5. The zero-order valence-corrected chi connectivity index (χ0v) is 16.0. The van der Waals surface area contributed by atoms with Crippen LogP contribution in [0.2, 0.25) is 0 Å². The Labute approximate surface area is 164 Å². The Bertz CT molecular complexity index is 1000. The van der Waals surface area contributed by atoms with Gasteiger partial charge in [0.05, 0.1) is 14.2 Å². The number of esters is 1. The van der Waals surface area contributed by atoms with Crippen molar-refractivity contribution < 1.29 is 23.5 Å². The maximum atomic E-state index is 13.0. The molecule has 0 bridgehead atoms. The van der Waals surface area contributed by atoms with E-state index in [2.05, 4.69) is 10.3 Å². The van der Waals surface area contributed by atoms with Gasteiger partial charge in [0.25, 0.3) is 5.91 Å². The topological polar surface area (TPSA) is 77.5 Å². The molecule has 0 saturated heterocycles. The first-order valence-electron chi connectivity index (χ1n) is 8.26. The van der Waals surface area contributed by atoms with Crippen LogP contribution in [0.1, 0.15) is 26.4 Å². The number of aromatic nitrogens is 1. The molecule has 0 aliphatic rings. The first-order valence-corrected chi connectivity index (χ1v) is 9.14. The summed E-state index contributed by atoms with van der Waals surface area (Å²) in [5.41, 5.74) is 2.00. The molecule has 28 heavy (non-hydrogen) atoms. The highest BCUT2D eigenvalue weighted by molar-refractivity contribution is 7.13. The van der Waals surface area contributed by atoms with Gasteiger partial charge in [-0.05, 0) is 42.0 Å². The van der Waals surface area contributed by atoms with Crippen molar-refractivity contribution in [3.05, 3.63) is 70.5 Å². The molecular formula is C20H17FN2O4S. The predicted octanol–water partition coefficient (Wildman–Crippen LogP) is 3.67. The van der Waals surface area contributed by atoms with E-state index in [0.29, 0.717) is 16.3 Å². The zero-order chi connectivity index (χ0) is 20.1. The van der Waals surface area contributed by atoms with Crippen molar-refractivity contribution in [3.63, 3.8) is 0 Å². The van der Waals surface area contributed by atoms with Gasteiger partial charge in [-0.3, -0.25) is 4.79 Å². The summed E-state index contributed by atoms with van der Waals surface area (Å²) in [7, 11) is 2.75. The monoisotopic (exact) mass is 400 g/mol. The number of carbonyl (C=O) groups excluding carboxylic acids is 2. The molecule has 0 unspecified atom stereocenters. The maximum Gasteiger partial charge on any atom is 0.341 e. The molecule has 1 N–H and O–H groups in total. The highest BCUT2D eigenvalue weighted by Crippen LogP contribution is 2.24. The lowest BCUT2D eigenvalue weighted by molar-refractivity contribution is 0.0597. The van der Waals surface area contributed by atoms with Crippen molar-refractivity contribution in [1.29, 1.82) is 0 Å². The average Bonchev–Trinajstić information content (AvgIpc) is 3.22. The van der Waals surface area contributed by atoms with E-state index in [0.717, 1.165) is 5.56 Å². The van der Waals surface area contributed by atoms with Gasteiger partial charge in [-0.1, -0.05) is 6.07 Å². The summed E-state index contributed by atoms with van der Waals surface area (Å²) in [5.74, 6) is -0.803. The second kappa shape index (κ2) is 8.62. The van der Waals surface area contributed by atoms with E-state index in [4.69, 9.17) is 9.47 Å². The number of nitrogens with one attached hydrogen (secondary N) is 1. The second-order valence-corrected chi connectivity index (χ2v) is 6.61. The minimum Gasteiger partial charge on any atom is -0.496 e. The number of nitrogens with zero attached hydrogens (tertiary/aromatic N) is 1. The first-order chi connectivity index (χ1) is 13.5. The number of carbonyl (C=O) groups is 2. The van der Waals surface area contributed by atoms with E-state index in [1.807, 2.05) is 0 Å². The van der Waals surface area contributed by atoms with Crippen molar-refractivity contribution in [2.75, 3.05) is 14.2 Å². The Balaban J connectivity index is 1.69. The summed E-state index contributed by atoms with van der Waals surface area (Å²) in [6, 6.07) is 10.9. The van der Waals surface area contributed by atoms with Crippen LogP contribution in [0.3, 0.4) is 0 Å². The van der Waals surface area contributed by atoms with Gasteiger partial charge in [-0.15, -0.1) is 11.3 Å². The smallest absolute Gasteiger partial charge is 0.341 e. The molecular weight excluding hydrogens is 383 g/mol. The fourth-order valence-corrected chi connectivity index (χ4v) is 3.32. The summed E-state index contributed by atoms with van der Waals surface area (Å²) >= 11 is 1.30. The summed E-state index contributed by atoms with van der Waals surface area (Å²) < 4.78 is 22.9. The van der Waals surface area contributed by atoms with Crippen LogP contribution < -0.4 is 10.1 Å². The van der Waals surface area contributed by atoms with Gasteiger partial charge in [0, 0.05) is 17.5 Å². The lowest BCUT2D eigenvalue weighted by atomic mass is 10.1. The van der Waals surface area contributed by atoms with Crippen LogP contribution in [0.15, 0.2) is 47.8 Å². The summed E-state index contributed by atoms with van der Waals surface area (Å²) in [5, 5.41) is 5.03. The molecule has 0 saturated carbocycles. The highest BCUT2D eigenvalue weighted by atomic mass is 32.1. The number of hydrogen-bond donors (Lipinski definition) is 1. The van der Waals surface area contributed by atoms with Gasteiger partial charge >= 0.3 is 5.97 Å². The molecule has 6 nitrogen and oxygen atoms in total. The van der Waals surface area contributed by atoms with Crippen LogP contribution in [0.25, 0.3) is 10.6 Å². The van der Waals surface area contributed by atoms with Gasteiger partial charge in [0.15, 0.2) is 0 Å². The SMILES string of the molecule is COC(=O)c1cc(CNC(=O)c2csc(-c3ccc(F)cc3)n2)ccc1OC. The molecule has 1 heterocycles. The normalized spacial score (nSPS) is 10.4. The Kier molecular flexibility index (Phi) is 6.00. The molecule has 1 aromatic heterocycles. The second-order valence-electron chi connectivity index (χ2n) is 5.75. The Hall–Kier alpha value is -3.26. The number of thiazole rings is 1. The summed E-state index contributed by atoms with van der Waals surface area (Å²) in [6.07, 6.45) is 0. The minimum absolute atomic E-state index is 0.205. The summed E-state index contributed by atoms with van der Waals surface area (Å²) in [6.45, 7) is 0.205. The third-order valence-electron chi connectivity index (χ3n) is 3.95. The van der Waals surface area contributed by atoms with E-state index in [9.17, 15) is 14.0 Å². The zero-order valence-electron chi connectivity index (χ0n) is 15.2. The molecule has 0 fully saturated rings. The molecule has 3 aromatic rings. The Morgan fingerprint density at radius 3 is 2.57 bits per heavy atom. The molecule has 144 valence electrons. The van der Waals surface area contributed by atoms with E-state index >= 15 is 0 Å². The molecule has 0 aliphatic heterocycles. The van der Waals surface area contributed by atoms with Crippen molar-refractivity contribution in [2.45, 2.75) is 6.54 Å². The largest absolute Gasteiger partial charge is 0.496 e. The number of rotatable bonds is 6. The van der Waals surface area contributed by atoms with Crippen LogP contribution in [-0.2, 0) is 11.3 Å². The van der Waals surface area contributed by atoms with Crippen molar-refractivity contribution >= 4 is 23.2 Å². The fourth-order valence-electron chi connectivity index (χ4n) is 2.51. The number of hydrogen-bond acceptors (Lipinski definition) is 6. The molecule has 0 spiro atoms. The highest BCUT2D eigenvalue weighted by Gasteiger charge is 2.15. The lowest BCUT2D eigenvalue weighted by Crippen LogP contribution is -2.23. The van der Waals surface area contributed by atoms with E-state index in [-0.39, 0.29) is 29.5 Å². The Morgan fingerprint density at radius 1 is 1.14 bits per heavy atom. The molecule has 0 aliphatic carbocycles. The Morgan fingerprint density at radius 2 is 1.89 bits per heavy atom. The maximum absolute atomic E-state index is 13.0. The fraction of sp³-hybridized carbons (Fsp3) is 0.150.